The van der Waals surface area contributed by atoms with Crippen LogP contribution in [0.5, 0.6) is 5.75 Å². The maximum absolute atomic E-state index is 9.57. The Balaban J connectivity index is 0.00000253. The zero-order chi connectivity index (χ0) is 22.9. The molecule has 172 valence electrons. The van der Waals surface area contributed by atoms with Gasteiger partial charge in [0.15, 0.2) is 0 Å². The Morgan fingerprint density at radius 1 is 0.771 bits per heavy atom. The standard InChI is InChI=1S/C28H21N5O.ClH/c34-22-13-10-19(11-14-22)16-25-23-8-4-5-9-24(23)28(31-30-25)20-12-15-27-26(17-20)29-18-33(27)32-21-6-2-1-3-7-21;/h1-15,17-18,32,34H,16H2;1H. The predicted octanol–water partition coefficient (Wildman–Crippen LogP) is 6.24. The second kappa shape index (κ2) is 9.44. The number of aromatic hydroxyl groups is 1. The van der Waals surface area contributed by atoms with Gasteiger partial charge in [-0.05, 0) is 42.0 Å². The Kier molecular flexibility index (Phi) is 6.04. The van der Waals surface area contributed by atoms with E-state index in [9.17, 15) is 5.11 Å². The number of nitrogens with one attached hydrogen (secondary N) is 1. The fourth-order valence-electron chi connectivity index (χ4n) is 4.21. The molecule has 0 fully saturated rings. The van der Waals surface area contributed by atoms with E-state index in [0.717, 1.165) is 50.0 Å². The summed E-state index contributed by atoms with van der Waals surface area (Å²) in [4.78, 5) is 4.59. The van der Waals surface area contributed by atoms with Gasteiger partial charge in [0, 0.05) is 22.8 Å². The SMILES string of the molecule is Cl.Oc1ccc(Cc2nnc(-c3ccc4c(c3)ncn4Nc3ccccc3)c3ccccc23)cc1. The van der Waals surface area contributed by atoms with Crippen LogP contribution >= 0.6 is 12.4 Å². The average Bonchev–Trinajstić information content (AvgIpc) is 3.28. The molecule has 0 aliphatic heterocycles. The molecule has 6 rings (SSSR count). The van der Waals surface area contributed by atoms with Crippen molar-refractivity contribution < 1.29 is 5.11 Å². The lowest BCUT2D eigenvalue weighted by Crippen LogP contribution is -2.06. The van der Waals surface area contributed by atoms with E-state index in [2.05, 4.69) is 50.9 Å². The van der Waals surface area contributed by atoms with Crippen molar-refractivity contribution in [2.45, 2.75) is 6.42 Å². The summed E-state index contributed by atoms with van der Waals surface area (Å²) in [6.07, 6.45) is 2.43. The normalized spacial score (nSPS) is 10.9. The lowest BCUT2D eigenvalue weighted by molar-refractivity contribution is 0.475. The Bertz CT molecular complexity index is 1610. The van der Waals surface area contributed by atoms with Gasteiger partial charge in [-0.2, -0.15) is 5.10 Å². The quantitative estimate of drug-likeness (QED) is 0.306. The van der Waals surface area contributed by atoms with Crippen molar-refractivity contribution in [2.75, 3.05) is 5.43 Å². The van der Waals surface area contributed by atoms with Gasteiger partial charge in [-0.3, -0.25) is 5.43 Å². The maximum Gasteiger partial charge on any atom is 0.116 e. The van der Waals surface area contributed by atoms with Crippen molar-refractivity contribution in [3.63, 3.8) is 0 Å². The van der Waals surface area contributed by atoms with Crippen LogP contribution in [-0.2, 0) is 6.42 Å². The van der Waals surface area contributed by atoms with Crippen LogP contribution in [0.2, 0.25) is 0 Å². The second-order valence-electron chi connectivity index (χ2n) is 8.18. The van der Waals surface area contributed by atoms with Crippen LogP contribution in [0.3, 0.4) is 0 Å². The lowest BCUT2D eigenvalue weighted by Gasteiger charge is -2.11. The second-order valence-corrected chi connectivity index (χ2v) is 8.18. The van der Waals surface area contributed by atoms with Crippen LogP contribution in [0.15, 0.2) is 103 Å². The molecular weight excluding hydrogens is 458 g/mol. The predicted molar refractivity (Wildman–Crippen MR) is 142 cm³/mol. The highest BCUT2D eigenvalue weighted by molar-refractivity contribution is 5.97. The van der Waals surface area contributed by atoms with Gasteiger partial charge < -0.3 is 5.11 Å². The van der Waals surface area contributed by atoms with Crippen LogP contribution in [0.1, 0.15) is 11.3 Å². The summed E-state index contributed by atoms with van der Waals surface area (Å²) in [6, 6.07) is 31.6. The van der Waals surface area contributed by atoms with Gasteiger partial charge in [0.25, 0.3) is 0 Å². The van der Waals surface area contributed by atoms with Gasteiger partial charge in [0.2, 0.25) is 0 Å². The summed E-state index contributed by atoms with van der Waals surface area (Å²) in [7, 11) is 0. The number of phenolic OH excluding ortho intramolecular Hbond substituents is 1. The van der Waals surface area contributed by atoms with E-state index in [1.165, 1.54) is 0 Å². The molecule has 35 heavy (non-hydrogen) atoms. The number of phenols is 1. The molecule has 6 aromatic rings. The van der Waals surface area contributed by atoms with Crippen molar-refractivity contribution in [2.24, 2.45) is 0 Å². The number of fused-ring (bicyclic) bond motifs is 2. The Morgan fingerprint density at radius 2 is 1.51 bits per heavy atom. The summed E-state index contributed by atoms with van der Waals surface area (Å²) < 4.78 is 1.92. The van der Waals surface area contributed by atoms with Crippen LogP contribution in [0.25, 0.3) is 33.1 Å². The minimum atomic E-state index is 0. The molecule has 0 aliphatic rings. The lowest BCUT2D eigenvalue weighted by atomic mass is 10.00. The van der Waals surface area contributed by atoms with Gasteiger partial charge >= 0.3 is 0 Å². The third-order valence-electron chi connectivity index (χ3n) is 5.92. The van der Waals surface area contributed by atoms with E-state index in [4.69, 9.17) is 0 Å². The van der Waals surface area contributed by atoms with Gasteiger partial charge in [-0.25, -0.2) is 9.66 Å². The molecule has 0 saturated carbocycles. The highest BCUT2D eigenvalue weighted by Crippen LogP contribution is 2.30. The Morgan fingerprint density at radius 3 is 2.31 bits per heavy atom. The number of halogens is 1. The number of hydrogen-bond donors (Lipinski definition) is 2. The van der Waals surface area contributed by atoms with Crippen molar-refractivity contribution in [1.29, 1.82) is 0 Å². The smallest absolute Gasteiger partial charge is 0.116 e. The summed E-state index contributed by atoms with van der Waals surface area (Å²) in [6.45, 7) is 0. The molecule has 0 aliphatic carbocycles. The molecule has 6 nitrogen and oxygen atoms in total. The maximum atomic E-state index is 9.57. The number of aromatic nitrogens is 4. The summed E-state index contributed by atoms with van der Waals surface area (Å²) in [5.74, 6) is 0.256. The van der Waals surface area contributed by atoms with Gasteiger partial charge in [-0.1, -0.05) is 60.7 Å². The van der Waals surface area contributed by atoms with Crippen LogP contribution in [0, 0.1) is 0 Å². The number of anilines is 1. The fourth-order valence-corrected chi connectivity index (χ4v) is 4.21. The van der Waals surface area contributed by atoms with E-state index in [1.807, 2.05) is 59.3 Å². The Labute approximate surface area is 208 Å². The van der Waals surface area contributed by atoms with Crippen molar-refractivity contribution in [3.05, 3.63) is 115 Å². The van der Waals surface area contributed by atoms with Gasteiger partial charge in [0.05, 0.1) is 22.4 Å². The molecule has 4 aromatic carbocycles. The number of imidazole rings is 1. The van der Waals surface area contributed by atoms with Crippen molar-refractivity contribution >= 4 is 39.9 Å². The highest BCUT2D eigenvalue weighted by Gasteiger charge is 2.13. The third-order valence-corrected chi connectivity index (χ3v) is 5.92. The largest absolute Gasteiger partial charge is 0.508 e. The molecular formula is C28H22ClN5O. The van der Waals surface area contributed by atoms with Crippen molar-refractivity contribution in [1.82, 2.24) is 19.9 Å². The zero-order valence-corrected chi connectivity index (χ0v) is 19.5. The van der Waals surface area contributed by atoms with Crippen molar-refractivity contribution in [3.8, 4) is 17.0 Å². The minimum absolute atomic E-state index is 0. The first-order valence-electron chi connectivity index (χ1n) is 11.1. The van der Waals surface area contributed by atoms with E-state index in [-0.39, 0.29) is 18.2 Å². The third kappa shape index (κ3) is 4.39. The summed E-state index contributed by atoms with van der Waals surface area (Å²) >= 11 is 0. The summed E-state index contributed by atoms with van der Waals surface area (Å²) in [5.41, 5.74) is 9.99. The first-order chi connectivity index (χ1) is 16.7. The average molecular weight is 480 g/mol. The molecule has 0 spiro atoms. The highest BCUT2D eigenvalue weighted by atomic mass is 35.5. The number of nitrogens with zero attached hydrogens (tertiary/aromatic N) is 4. The topological polar surface area (TPSA) is 75.9 Å². The van der Waals surface area contributed by atoms with E-state index < -0.39 is 0 Å². The molecule has 2 heterocycles. The minimum Gasteiger partial charge on any atom is -0.508 e. The Hall–Kier alpha value is -4.42. The fraction of sp³-hybridized carbons (Fsp3) is 0.0357. The number of para-hydroxylation sites is 1. The first-order valence-corrected chi connectivity index (χ1v) is 11.1. The van der Waals surface area contributed by atoms with Crippen LogP contribution < -0.4 is 5.43 Å². The summed E-state index contributed by atoms with van der Waals surface area (Å²) in [5, 5.41) is 20.9. The molecule has 2 N–H and O–H groups in total. The number of rotatable bonds is 5. The molecule has 0 unspecified atom stereocenters. The first kappa shape index (κ1) is 22.4. The number of hydrogen-bond acceptors (Lipinski definition) is 5. The zero-order valence-electron chi connectivity index (χ0n) is 18.7. The molecule has 2 aromatic heterocycles. The van der Waals surface area contributed by atoms with Gasteiger partial charge in [0.1, 0.15) is 17.8 Å². The van der Waals surface area contributed by atoms with E-state index in [1.54, 1.807) is 18.5 Å². The molecule has 7 heteroatoms. The monoisotopic (exact) mass is 479 g/mol. The van der Waals surface area contributed by atoms with E-state index in [0.29, 0.717) is 6.42 Å². The number of benzene rings is 4. The molecule has 0 saturated heterocycles. The molecule has 0 radical (unpaired) electrons. The van der Waals surface area contributed by atoms with E-state index >= 15 is 0 Å². The van der Waals surface area contributed by atoms with Crippen LogP contribution in [0.4, 0.5) is 5.69 Å². The van der Waals surface area contributed by atoms with Crippen LogP contribution in [-0.4, -0.2) is 25.0 Å². The molecule has 0 bridgehead atoms. The molecule has 0 amide bonds. The van der Waals surface area contributed by atoms with Gasteiger partial charge in [-0.15, -0.1) is 17.5 Å². The molecule has 0 atom stereocenters.